The summed E-state index contributed by atoms with van der Waals surface area (Å²) < 4.78 is 0. The maximum Gasteiger partial charge on any atom is -0.0386 e. The Balaban J connectivity index is 3.40. The zero-order chi connectivity index (χ0) is 17.7. The third-order valence-corrected chi connectivity index (χ3v) is 5.45. The van der Waals surface area contributed by atoms with E-state index in [2.05, 4.69) is 27.2 Å². The first-order chi connectivity index (χ1) is 11.8. The van der Waals surface area contributed by atoms with Crippen molar-refractivity contribution in [2.75, 3.05) is 0 Å². The number of rotatable bonds is 20. The molecule has 1 unspecified atom stereocenters. The lowest BCUT2D eigenvalue weighted by Crippen LogP contribution is -2.00. The zero-order valence-electron chi connectivity index (χ0n) is 17.6. The fraction of sp³-hybridized carbons (Fsp3) is 0.958. The predicted molar refractivity (Wildman–Crippen MR) is 113 cm³/mol. The summed E-state index contributed by atoms with van der Waals surface area (Å²) in [5.74, 6) is 1.02. The Morgan fingerprint density at radius 2 is 0.958 bits per heavy atom. The second kappa shape index (κ2) is 21.0. The lowest BCUT2D eigenvalue weighted by atomic mass is 9.90. The maximum atomic E-state index is 2.58. The van der Waals surface area contributed by atoms with Crippen LogP contribution in [0.15, 0.2) is 0 Å². The average molecular weight is 338 g/mol. The van der Waals surface area contributed by atoms with E-state index in [1.165, 1.54) is 122 Å². The van der Waals surface area contributed by atoms with Crippen LogP contribution in [0.4, 0.5) is 0 Å². The molecule has 1 atom stereocenters. The number of hydrogen-bond acceptors (Lipinski definition) is 0. The molecule has 0 fully saturated rings. The van der Waals surface area contributed by atoms with Gasteiger partial charge in [-0.2, -0.15) is 0 Å². The molecule has 1 radical (unpaired) electrons. The molecule has 0 heterocycles. The Labute approximate surface area is 155 Å². The van der Waals surface area contributed by atoms with E-state index in [-0.39, 0.29) is 0 Å². The van der Waals surface area contributed by atoms with Crippen LogP contribution in [0.5, 0.6) is 0 Å². The first kappa shape index (κ1) is 24.0. The van der Waals surface area contributed by atoms with Gasteiger partial charge in [0.2, 0.25) is 0 Å². The Morgan fingerprint density at radius 3 is 1.58 bits per heavy atom. The van der Waals surface area contributed by atoms with Crippen LogP contribution in [0.3, 0.4) is 0 Å². The smallest absolute Gasteiger partial charge is 0.0386 e. The van der Waals surface area contributed by atoms with Gasteiger partial charge in [-0.25, -0.2) is 0 Å². The molecule has 24 heavy (non-hydrogen) atoms. The van der Waals surface area contributed by atoms with Crippen LogP contribution < -0.4 is 0 Å². The molecule has 0 aliphatic heterocycles. The summed E-state index contributed by atoms with van der Waals surface area (Å²) in [6.45, 7) is 6.96. The predicted octanol–water partition coefficient (Wildman–Crippen LogP) is 9.28. The summed E-state index contributed by atoms with van der Waals surface area (Å²) >= 11 is 0. The summed E-state index contributed by atoms with van der Waals surface area (Å²) in [6, 6.07) is 0. The van der Waals surface area contributed by atoms with Crippen LogP contribution in [-0.4, -0.2) is 0 Å². The summed E-state index contributed by atoms with van der Waals surface area (Å²) in [5.41, 5.74) is 0. The summed E-state index contributed by atoms with van der Waals surface area (Å²) in [6.07, 6.45) is 29.9. The topological polar surface area (TPSA) is 0 Å². The molecule has 0 nitrogen and oxygen atoms in total. The van der Waals surface area contributed by atoms with Gasteiger partial charge in [-0.15, -0.1) is 0 Å². The van der Waals surface area contributed by atoms with Gasteiger partial charge in [0.1, 0.15) is 0 Å². The average Bonchev–Trinajstić information content (AvgIpc) is 2.59. The Bertz CT molecular complexity index is 208. The van der Waals surface area contributed by atoms with Crippen molar-refractivity contribution < 1.29 is 0 Å². The molecule has 0 saturated carbocycles. The van der Waals surface area contributed by atoms with Crippen LogP contribution in [0.2, 0.25) is 0 Å². The van der Waals surface area contributed by atoms with E-state index in [1.807, 2.05) is 0 Å². The van der Waals surface area contributed by atoms with Gasteiger partial charge in [-0.05, 0) is 12.3 Å². The third kappa shape index (κ3) is 18.3. The fourth-order valence-corrected chi connectivity index (χ4v) is 3.82. The molecule has 0 N–H and O–H groups in total. The van der Waals surface area contributed by atoms with Gasteiger partial charge in [-0.1, -0.05) is 143 Å². The molecule has 0 bridgehead atoms. The highest BCUT2D eigenvalue weighted by Crippen LogP contribution is 2.23. The first-order valence-corrected chi connectivity index (χ1v) is 11.7. The van der Waals surface area contributed by atoms with Gasteiger partial charge in [0.05, 0.1) is 0 Å². The highest BCUT2D eigenvalue weighted by atomic mass is 14.1. The maximum absolute atomic E-state index is 2.58. The van der Waals surface area contributed by atoms with Gasteiger partial charge in [-0.3, -0.25) is 0 Å². The lowest BCUT2D eigenvalue weighted by Gasteiger charge is -2.16. The highest BCUT2D eigenvalue weighted by molar-refractivity contribution is 4.67. The van der Waals surface area contributed by atoms with Crippen molar-refractivity contribution in [2.24, 2.45) is 5.92 Å². The molecular weight excluding hydrogens is 288 g/mol. The molecule has 0 aromatic carbocycles. The molecular formula is C24H49. The minimum Gasteiger partial charge on any atom is -0.0654 e. The fourth-order valence-electron chi connectivity index (χ4n) is 3.82. The van der Waals surface area contributed by atoms with E-state index in [1.54, 1.807) is 0 Å². The van der Waals surface area contributed by atoms with Crippen LogP contribution in [-0.2, 0) is 0 Å². The zero-order valence-corrected chi connectivity index (χ0v) is 17.6. The molecule has 0 amide bonds. The van der Waals surface area contributed by atoms with Crippen molar-refractivity contribution in [1.82, 2.24) is 0 Å². The van der Waals surface area contributed by atoms with Crippen molar-refractivity contribution in [3.8, 4) is 0 Å². The van der Waals surface area contributed by atoms with Gasteiger partial charge in [0.25, 0.3) is 0 Å². The van der Waals surface area contributed by atoms with E-state index in [4.69, 9.17) is 0 Å². The van der Waals surface area contributed by atoms with Crippen molar-refractivity contribution in [1.29, 1.82) is 0 Å². The second-order valence-corrected chi connectivity index (χ2v) is 7.99. The normalized spacial score (nSPS) is 12.6. The van der Waals surface area contributed by atoms with E-state index >= 15 is 0 Å². The SMILES string of the molecule is CCCCCCCC[CH]CCCC(CCC)CCCCCCCC. The largest absolute Gasteiger partial charge is 0.0654 e. The molecule has 0 aromatic heterocycles. The minimum atomic E-state index is 1.02. The molecule has 0 aliphatic carbocycles. The summed E-state index contributed by atoms with van der Waals surface area (Å²) in [7, 11) is 0. The van der Waals surface area contributed by atoms with E-state index in [0.29, 0.717) is 0 Å². The van der Waals surface area contributed by atoms with Crippen molar-refractivity contribution in [2.45, 2.75) is 143 Å². The Kier molecular flexibility index (Phi) is 21.0. The van der Waals surface area contributed by atoms with Crippen molar-refractivity contribution >= 4 is 0 Å². The van der Waals surface area contributed by atoms with Crippen LogP contribution in [0.25, 0.3) is 0 Å². The van der Waals surface area contributed by atoms with Gasteiger partial charge < -0.3 is 0 Å². The van der Waals surface area contributed by atoms with Crippen LogP contribution in [0, 0.1) is 12.3 Å². The third-order valence-electron chi connectivity index (χ3n) is 5.45. The van der Waals surface area contributed by atoms with Crippen molar-refractivity contribution in [3.05, 3.63) is 6.42 Å². The summed E-state index contributed by atoms with van der Waals surface area (Å²) in [4.78, 5) is 0. The highest BCUT2D eigenvalue weighted by Gasteiger charge is 2.07. The number of hydrogen-bond donors (Lipinski definition) is 0. The van der Waals surface area contributed by atoms with Gasteiger partial charge >= 0.3 is 0 Å². The van der Waals surface area contributed by atoms with Gasteiger partial charge in [0.15, 0.2) is 0 Å². The summed E-state index contributed by atoms with van der Waals surface area (Å²) in [5, 5.41) is 0. The quantitative estimate of drug-likeness (QED) is 0.194. The Hall–Kier alpha value is 0. The lowest BCUT2D eigenvalue weighted by molar-refractivity contribution is 0.383. The monoisotopic (exact) mass is 337 g/mol. The molecule has 0 aliphatic rings. The standard InChI is InChI=1S/C24H49/c1-4-7-9-11-13-14-15-16-18-20-23-24(21-6-3)22-19-17-12-10-8-5-2/h16,24H,4-15,17-23H2,1-3H3. The number of unbranched alkanes of at least 4 members (excludes halogenated alkanes) is 14. The molecule has 0 rings (SSSR count). The molecule has 0 heteroatoms. The van der Waals surface area contributed by atoms with Crippen molar-refractivity contribution in [3.63, 3.8) is 0 Å². The van der Waals surface area contributed by atoms with E-state index < -0.39 is 0 Å². The Morgan fingerprint density at radius 1 is 0.458 bits per heavy atom. The molecule has 0 aromatic rings. The molecule has 0 saturated heterocycles. The van der Waals surface area contributed by atoms with E-state index in [9.17, 15) is 0 Å². The molecule has 145 valence electrons. The van der Waals surface area contributed by atoms with Crippen LogP contribution >= 0.6 is 0 Å². The van der Waals surface area contributed by atoms with Gasteiger partial charge in [0, 0.05) is 0 Å². The first-order valence-electron chi connectivity index (χ1n) is 11.7. The second-order valence-electron chi connectivity index (χ2n) is 7.99. The molecule has 0 spiro atoms. The van der Waals surface area contributed by atoms with E-state index in [0.717, 1.165) is 5.92 Å². The minimum absolute atomic E-state index is 1.02. The van der Waals surface area contributed by atoms with Crippen LogP contribution in [0.1, 0.15) is 143 Å².